The average molecular weight is 291 g/mol. The van der Waals surface area contributed by atoms with Gasteiger partial charge in [-0.1, -0.05) is 0 Å². The Hall–Kier alpha value is -1.75. The molecule has 1 aromatic rings. The summed E-state index contributed by atoms with van der Waals surface area (Å²) in [5, 5.41) is 0. The highest BCUT2D eigenvalue weighted by atomic mass is 16.5. The van der Waals surface area contributed by atoms with Crippen molar-refractivity contribution in [3.8, 4) is 5.75 Å². The van der Waals surface area contributed by atoms with Crippen LogP contribution >= 0.6 is 0 Å². The van der Waals surface area contributed by atoms with Gasteiger partial charge in [0.05, 0.1) is 6.61 Å². The molecule has 0 spiro atoms. The van der Waals surface area contributed by atoms with Crippen LogP contribution < -0.4 is 10.5 Å². The third-order valence-electron chi connectivity index (χ3n) is 3.85. The van der Waals surface area contributed by atoms with Crippen LogP contribution in [0.25, 0.3) is 0 Å². The van der Waals surface area contributed by atoms with Crippen LogP contribution in [0.15, 0.2) is 18.2 Å². The zero-order valence-corrected chi connectivity index (χ0v) is 13.1. The summed E-state index contributed by atoms with van der Waals surface area (Å²) in [6, 6.07) is 5.22. The van der Waals surface area contributed by atoms with Crippen molar-refractivity contribution in [2.24, 2.45) is 5.92 Å². The van der Waals surface area contributed by atoms with Gasteiger partial charge < -0.3 is 20.3 Å². The Labute approximate surface area is 126 Å². The summed E-state index contributed by atoms with van der Waals surface area (Å²) in [5.74, 6) is 1.20. The molecule has 5 nitrogen and oxygen atoms in total. The minimum absolute atomic E-state index is 0.00203. The van der Waals surface area contributed by atoms with E-state index in [9.17, 15) is 4.79 Å². The monoisotopic (exact) mass is 291 g/mol. The highest BCUT2D eigenvalue weighted by Crippen LogP contribution is 2.21. The van der Waals surface area contributed by atoms with Gasteiger partial charge in [0.25, 0.3) is 5.91 Å². The van der Waals surface area contributed by atoms with E-state index in [1.165, 1.54) is 0 Å². The van der Waals surface area contributed by atoms with Crippen LogP contribution in [0.4, 0.5) is 5.69 Å². The minimum atomic E-state index is -0.00203. The lowest BCUT2D eigenvalue weighted by Crippen LogP contribution is -2.32. The highest BCUT2D eigenvalue weighted by Gasteiger charge is 2.23. The molecule has 0 aromatic heterocycles. The summed E-state index contributed by atoms with van der Waals surface area (Å²) >= 11 is 0. The molecule has 1 unspecified atom stereocenters. The lowest BCUT2D eigenvalue weighted by atomic mass is 10.1. The Morgan fingerprint density at radius 3 is 2.86 bits per heavy atom. The predicted octanol–water partition coefficient (Wildman–Crippen LogP) is 1.69. The van der Waals surface area contributed by atoms with Gasteiger partial charge in [0.1, 0.15) is 5.75 Å². The second-order valence-electron chi connectivity index (χ2n) is 5.83. The van der Waals surface area contributed by atoms with Gasteiger partial charge in [-0.2, -0.15) is 0 Å². The molecule has 1 heterocycles. The van der Waals surface area contributed by atoms with E-state index in [-0.39, 0.29) is 5.91 Å². The van der Waals surface area contributed by atoms with Crippen LogP contribution in [-0.2, 0) is 0 Å². The first-order valence-electron chi connectivity index (χ1n) is 7.47. The van der Waals surface area contributed by atoms with Gasteiger partial charge in [-0.25, -0.2) is 0 Å². The van der Waals surface area contributed by atoms with Crippen LogP contribution in [0.1, 0.15) is 23.7 Å². The number of nitrogens with two attached hydrogens (primary N) is 1. The van der Waals surface area contributed by atoms with E-state index in [1.54, 1.807) is 23.1 Å². The summed E-state index contributed by atoms with van der Waals surface area (Å²) in [7, 11) is 3.97. The largest absolute Gasteiger partial charge is 0.494 e. The third kappa shape index (κ3) is 4.11. The van der Waals surface area contributed by atoms with E-state index >= 15 is 0 Å². The summed E-state index contributed by atoms with van der Waals surface area (Å²) < 4.78 is 5.45. The number of carbonyl (C=O) groups excluding carboxylic acids is 1. The number of hydrogen-bond donors (Lipinski definition) is 1. The lowest BCUT2D eigenvalue weighted by Gasteiger charge is -2.21. The molecule has 1 fully saturated rings. The number of anilines is 1. The fraction of sp³-hybridized carbons (Fsp3) is 0.562. The molecular formula is C16H25N3O2. The number of likely N-dealkylation sites (tertiary alicyclic amines) is 1. The van der Waals surface area contributed by atoms with Crippen molar-refractivity contribution in [2.75, 3.05) is 46.1 Å². The Balaban J connectivity index is 2.04. The van der Waals surface area contributed by atoms with E-state index in [4.69, 9.17) is 10.5 Å². The Morgan fingerprint density at radius 2 is 2.24 bits per heavy atom. The fourth-order valence-corrected chi connectivity index (χ4v) is 2.86. The molecule has 0 aliphatic carbocycles. The molecular weight excluding hydrogens is 266 g/mol. The van der Waals surface area contributed by atoms with E-state index in [0.717, 1.165) is 26.1 Å². The summed E-state index contributed by atoms with van der Waals surface area (Å²) in [6.45, 7) is 5.41. The summed E-state index contributed by atoms with van der Waals surface area (Å²) in [6.07, 6.45) is 1.15. The first-order valence-corrected chi connectivity index (χ1v) is 7.47. The molecule has 0 saturated carbocycles. The molecule has 2 rings (SSSR count). The number of ether oxygens (including phenoxy) is 1. The number of benzene rings is 1. The molecule has 1 atom stereocenters. The molecule has 21 heavy (non-hydrogen) atoms. The number of rotatable bonds is 5. The van der Waals surface area contributed by atoms with Gasteiger partial charge in [-0.3, -0.25) is 4.79 Å². The predicted molar refractivity (Wildman–Crippen MR) is 84.6 cm³/mol. The second kappa shape index (κ2) is 6.80. The first kappa shape index (κ1) is 15.6. The number of amides is 1. The second-order valence-corrected chi connectivity index (χ2v) is 5.83. The van der Waals surface area contributed by atoms with Gasteiger partial charge in [0.15, 0.2) is 0 Å². The average Bonchev–Trinajstić information content (AvgIpc) is 2.83. The molecule has 116 valence electrons. The van der Waals surface area contributed by atoms with E-state index in [2.05, 4.69) is 11.9 Å². The smallest absolute Gasteiger partial charge is 0.253 e. The maximum atomic E-state index is 12.5. The van der Waals surface area contributed by atoms with Gasteiger partial charge >= 0.3 is 0 Å². The zero-order chi connectivity index (χ0) is 15.4. The van der Waals surface area contributed by atoms with Crippen molar-refractivity contribution in [3.63, 3.8) is 0 Å². The maximum absolute atomic E-state index is 12.5. The van der Waals surface area contributed by atoms with Crippen molar-refractivity contribution in [2.45, 2.75) is 13.3 Å². The number of nitrogen functional groups attached to an aromatic ring is 1. The third-order valence-corrected chi connectivity index (χ3v) is 3.85. The quantitative estimate of drug-likeness (QED) is 0.839. The first-order chi connectivity index (χ1) is 9.99. The van der Waals surface area contributed by atoms with Crippen molar-refractivity contribution in [1.29, 1.82) is 0 Å². The maximum Gasteiger partial charge on any atom is 0.253 e. The van der Waals surface area contributed by atoms with Gasteiger partial charge in [0, 0.05) is 37.5 Å². The molecule has 0 radical (unpaired) electrons. The van der Waals surface area contributed by atoms with Gasteiger partial charge in [0.2, 0.25) is 0 Å². The van der Waals surface area contributed by atoms with E-state index < -0.39 is 0 Å². The highest BCUT2D eigenvalue weighted by molar-refractivity contribution is 5.95. The number of carbonyl (C=O) groups is 1. The van der Waals surface area contributed by atoms with Crippen LogP contribution in [-0.4, -0.2) is 56.0 Å². The molecule has 1 aliphatic heterocycles. The van der Waals surface area contributed by atoms with Crippen LogP contribution in [0.2, 0.25) is 0 Å². The van der Waals surface area contributed by atoms with Crippen LogP contribution in [0, 0.1) is 5.92 Å². The van der Waals surface area contributed by atoms with Gasteiger partial charge in [-0.15, -0.1) is 0 Å². The van der Waals surface area contributed by atoms with Crippen molar-refractivity contribution in [1.82, 2.24) is 9.80 Å². The van der Waals surface area contributed by atoms with Gasteiger partial charge in [-0.05, 0) is 45.0 Å². The fourth-order valence-electron chi connectivity index (χ4n) is 2.86. The summed E-state index contributed by atoms with van der Waals surface area (Å²) in [4.78, 5) is 16.6. The Morgan fingerprint density at radius 1 is 1.48 bits per heavy atom. The topological polar surface area (TPSA) is 58.8 Å². The molecule has 0 bridgehead atoms. The molecule has 1 aromatic carbocycles. The molecule has 2 N–H and O–H groups in total. The van der Waals surface area contributed by atoms with Crippen LogP contribution in [0.3, 0.4) is 0 Å². The molecule has 5 heteroatoms. The van der Waals surface area contributed by atoms with Crippen molar-refractivity contribution < 1.29 is 9.53 Å². The summed E-state index contributed by atoms with van der Waals surface area (Å²) in [5.41, 5.74) is 7.00. The minimum Gasteiger partial charge on any atom is -0.494 e. The number of hydrogen-bond acceptors (Lipinski definition) is 4. The van der Waals surface area contributed by atoms with Crippen molar-refractivity contribution >= 4 is 11.6 Å². The normalized spacial score (nSPS) is 18.7. The standard InChI is InChI=1S/C16H25N3O2/c1-4-21-15-8-13(7-14(17)9-15)16(20)19(3)11-12-5-6-18(2)10-12/h7-9,12H,4-6,10-11,17H2,1-3H3. The van der Waals surface area contributed by atoms with E-state index in [0.29, 0.717) is 29.5 Å². The molecule has 1 amide bonds. The van der Waals surface area contributed by atoms with Crippen LogP contribution in [0.5, 0.6) is 5.75 Å². The zero-order valence-electron chi connectivity index (χ0n) is 13.1. The lowest BCUT2D eigenvalue weighted by molar-refractivity contribution is 0.0773. The van der Waals surface area contributed by atoms with E-state index in [1.807, 2.05) is 14.0 Å². The number of nitrogens with zero attached hydrogens (tertiary/aromatic N) is 2. The molecule has 1 aliphatic rings. The Bertz CT molecular complexity index is 504. The van der Waals surface area contributed by atoms with Crippen molar-refractivity contribution in [3.05, 3.63) is 23.8 Å². The Kier molecular flexibility index (Phi) is 5.07. The molecule has 1 saturated heterocycles. The SMILES string of the molecule is CCOc1cc(N)cc(C(=O)N(C)CC2CCN(C)C2)c1.